The first-order valence-corrected chi connectivity index (χ1v) is 13.3. The third-order valence-electron chi connectivity index (χ3n) is 5.90. The zero-order valence-electron chi connectivity index (χ0n) is 25.1. The van der Waals surface area contributed by atoms with Crippen molar-refractivity contribution in [3.63, 3.8) is 0 Å². The minimum atomic E-state index is -1.90. The lowest BCUT2D eigenvalue weighted by Crippen LogP contribution is -2.67. The van der Waals surface area contributed by atoms with Gasteiger partial charge in [-0.1, -0.05) is 0 Å². The second kappa shape index (κ2) is 16.3. The Morgan fingerprint density at radius 1 is 0.477 bits per heavy atom. The van der Waals surface area contributed by atoms with E-state index < -0.39 is 116 Å². The molecule has 2 heterocycles. The first-order valence-electron chi connectivity index (χ1n) is 13.3. The minimum absolute atomic E-state index is 0.572. The number of ether oxygens (including phenoxy) is 10. The van der Waals surface area contributed by atoms with Crippen molar-refractivity contribution in [1.82, 2.24) is 0 Å². The van der Waals surface area contributed by atoms with Crippen molar-refractivity contribution in [3.8, 4) is 0 Å². The van der Waals surface area contributed by atoms with Gasteiger partial charge in [0.05, 0.1) is 0 Å². The first kappa shape index (κ1) is 36.3. The van der Waals surface area contributed by atoms with Crippen molar-refractivity contribution in [1.29, 1.82) is 0 Å². The number of hydrogen-bond acceptors (Lipinski definition) is 18. The molecule has 0 saturated carbocycles. The van der Waals surface area contributed by atoms with Crippen LogP contribution in [0, 0.1) is 0 Å². The van der Waals surface area contributed by atoms with E-state index >= 15 is 0 Å². The molecule has 2 rings (SSSR count). The summed E-state index contributed by atoms with van der Waals surface area (Å²) < 4.78 is 54.1. The molecule has 2 aliphatic rings. The lowest BCUT2D eigenvalue weighted by molar-refractivity contribution is -0.357. The van der Waals surface area contributed by atoms with Crippen molar-refractivity contribution in [2.24, 2.45) is 0 Å². The second-order valence-corrected chi connectivity index (χ2v) is 9.68. The molecule has 18 nitrogen and oxygen atoms in total. The molecule has 0 radical (unpaired) electrons. The molecule has 4 unspecified atom stereocenters. The van der Waals surface area contributed by atoms with Gasteiger partial charge < -0.3 is 52.5 Å². The number of aliphatic hydroxyl groups excluding tert-OH is 1. The monoisotopic (exact) mass is 636 g/mol. The van der Waals surface area contributed by atoms with Gasteiger partial charge in [-0.15, -0.1) is 0 Å². The Bertz CT molecular complexity index is 1090. The highest BCUT2D eigenvalue weighted by atomic mass is 16.8. The number of aliphatic hydroxyl groups is 1. The van der Waals surface area contributed by atoms with E-state index in [0.29, 0.717) is 0 Å². The van der Waals surface area contributed by atoms with Crippen LogP contribution in [0.1, 0.15) is 48.5 Å². The van der Waals surface area contributed by atoms with Gasteiger partial charge in [0.2, 0.25) is 0 Å². The molecule has 248 valence electrons. The van der Waals surface area contributed by atoms with Crippen molar-refractivity contribution in [3.05, 3.63) is 0 Å². The highest BCUT2D eigenvalue weighted by molar-refractivity contribution is 5.69. The number of esters is 7. The standard InChI is InChI=1S/C26H36O18/c1-10(27)35-8-17-20(21(38-13(4)30)23(25(34)42-17)40-15(6)32)44-26-24(41-16(7)33)22(39-14(5)31)19(37-12(3)29)18(43-26)9-36-11(2)28/h17-26,34H,8-9H2,1-7H3/t17?,18?,19-,20-,21-,22-,23?,24?,25-,26-/m1/s1. The summed E-state index contributed by atoms with van der Waals surface area (Å²) in [5.41, 5.74) is 0. The van der Waals surface area contributed by atoms with E-state index in [0.717, 1.165) is 48.5 Å². The molecule has 0 spiro atoms. The Balaban J connectivity index is 2.66. The molecular weight excluding hydrogens is 600 g/mol. The van der Waals surface area contributed by atoms with Crippen LogP contribution in [0.5, 0.6) is 0 Å². The van der Waals surface area contributed by atoms with Gasteiger partial charge in [-0.2, -0.15) is 0 Å². The highest BCUT2D eigenvalue weighted by Gasteiger charge is 2.57. The molecule has 44 heavy (non-hydrogen) atoms. The summed E-state index contributed by atoms with van der Waals surface area (Å²) in [6.07, 6.45) is -16.3. The Hall–Kier alpha value is -3.87. The summed E-state index contributed by atoms with van der Waals surface area (Å²) in [5.74, 6) is -6.03. The molecule has 0 aromatic rings. The van der Waals surface area contributed by atoms with Crippen LogP contribution in [0.15, 0.2) is 0 Å². The summed E-state index contributed by atoms with van der Waals surface area (Å²) in [6.45, 7) is 6.11. The zero-order valence-corrected chi connectivity index (χ0v) is 25.1. The van der Waals surface area contributed by atoms with Crippen molar-refractivity contribution in [2.75, 3.05) is 13.2 Å². The largest absolute Gasteiger partial charge is 0.463 e. The minimum Gasteiger partial charge on any atom is -0.463 e. The first-order chi connectivity index (χ1) is 20.5. The predicted molar refractivity (Wildman–Crippen MR) is 135 cm³/mol. The molecule has 2 saturated heterocycles. The van der Waals surface area contributed by atoms with E-state index in [9.17, 15) is 38.7 Å². The maximum absolute atomic E-state index is 12.2. The summed E-state index contributed by atoms with van der Waals surface area (Å²) >= 11 is 0. The van der Waals surface area contributed by atoms with Crippen LogP contribution in [0.2, 0.25) is 0 Å². The van der Waals surface area contributed by atoms with Gasteiger partial charge in [0.1, 0.15) is 31.5 Å². The molecule has 2 fully saturated rings. The fraction of sp³-hybridized carbons (Fsp3) is 0.731. The second-order valence-electron chi connectivity index (χ2n) is 9.68. The smallest absolute Gasteiger partial charge is 0.303 e. The van der Waals surface area contributed by atoms with Crippen LogP contribution in [-0.2, 0) is 80.9 Å². The average Bonchev–Trinajstić information content (AvgIpc) is 2.87. The SMILES string of the molecule is CC(=O)OCC1O[C@H](O[C@@H]2C(COC(C)=O)O[C@@H](O)C(OC(C)=O)[C@@H]2OC(C)=O)C(OC(C)=O)[C@H](OC(C)=O)[C@@H]1OC(C)=O. The van der Waals surface area contributed by atoms with Crippen molar-refractivity contribution in [2.45, 2.75) is 110 Å². The molecule has 0 aromatic carbocycles. The predicted octanol–water partition coefficient (Wildman–Crippen LogP) is -1.40. The summed E-state index contributed by atoms with van der Waals surface area (Å²) in [7, 11) is 0. The lowest BCUT2D eigenvalue weighted by Gasteiger charge is -2.48. The summed E-state index contributed by atoms with van der Waals surface area (Å²) in [5, 5.41) is 10.6. The fourth-order valence-corrected chi connectivity index (χ4v) is 4.49. The Labute approximate surface area is 251 Å². The third kappa shape index (κ3) is 10.7. The van der Waals surface area contributed by atoms with Crippen LogP contribution in [0.4, 0.5) is 0 Å². The van der Waals surface area contributed by atoms with E-state index in [4.69, 9.17) is 47.4 Å². The Morgan fingerprint density at radius 2 is 0.841 bits per heavy atom. The zero-order chi connectivity index (χ0) is 33.3. The van der Waals surface area contributed by atoms with E-state index in [1.807, 2.05) is 0 Å². The van der Waals surface area contributed by atoms with E-state index in [1.165, 1.54) is 0 Å². The van der Waals surface area contributed by atoms with Gasteiger partial charge in [-0.3, -0.25) is 33.6 Å². The maximum atomic E-state index is 12.2. The van der Waals surface area contributed by atoms with Gasteiger partial charge in [0.15, 0.2) is 43.1 Å². The van der Waals surface area contributed by atoms with Crippen molar-refractivity contribution >= 4 is 41.8 Å². The van der Waals surface area contributed by atoms with Crippen LogP contribution in [0.25, 0.3) is 0 Å². The van der Waals surface area contributed by atoms with Crippen LogP contribution in [-0.4, -0.2) is 122 Å². The van der Waals surface area contributed by atoms with Crippen LogP contribution in [0.3, 0.4) is 0 Å². The third-order valence-corrected chi connectivity index (χ3v) is 5.90. The molecular formula is C26H36O18. The highest BCUT2D eigenvalue weighted by Crippen LogP contribution is 2.34. The molecule has 1 N–H and O–H groups in total. The molecule has 2 aliphatic heterocycles. The normalized spacial score (nSPS) is 31.5. The molecule has 0 aromatic heterocycles. The summed E-state index contributed by atoms with van der Waals surface area (Å²) in [6, 6.07) is 0. The fourth-order valence-electron chi connectivity index (χ4n) is 4.49. The quantitative estimate of drug-likeness (QED) is 0.203. The Morgan fingerprint density at radius 3 is 1.27 bits per heavy atom. The van der Waals surface area contributed by atoms with E-state index in [-0.39, 0.29) is 0 Å². The number of carbonyl (C=O) groups is 7. The lowest BCUT2D eigenvalue weighted by atomic mass is 9.96. The van der Waals surface area contributed by atoms with Gasteiger partial charge in [-0.05, 0) is 0 Å². The summed E-state index contributed by atoms with van der Waals surface area (Å²) in [4.78, 5) is 83.5. The molecule has 0 bridgehead atoms. The van der Waals surface area contributed by atoms with Gasteiger partial charge in [-0.25, -0.2) is 0 Å². The van der Waals surface area contributed by atoms with Crippen LogP contribution < -0.4 is 0 Å². The Kier molecular flexibility index (Phi) is 13.4. The number of rotatable bonds is 11. The molecule has 10 atom stereocenters. The van der Waals surface area contributed by atoms with E-state index in [2.05, 4.69) is 0 Å². The maximum Gasteiger partial charge on any atom is 0.303 e. The topological polar surface area (TPSA) is 232 Å². The van der Waals surface area contributed by atoms with Crippen LogP contribution >= 0.6 is 0 Å². The van der Waals surface area contributed by atoms with Gasteiger partial charge in [0.25, 0.3) is 0 Å². The number of carbonyl (C=O) groups excluding carboxylic acids is 7. The van der Waals surface area contributed by atoms with Gasteiger partial charge >= 0.3 is 41.8 Å². The van der Waals surface area contributed by atoms with Gasteiger partial charge in [0, 0.05) is 48.5 Å². The molecule has 0 amide bonds. The van der Waals surface area contributed by atoms with E-state index in [1.54, 1.807) is 0 Å². The number of hydrogen-bond donors (Lipinski definition) is 1. The molecule has 0 aliphatic carbocycles. The average molecular weight is 637 g/mol. The van der Waals surface area contributed by atoms with Crippen molar-refractivity contribution < 1.29 is 86.0 Å². The molecule has 18 heteroatoms.